The molecule has 1 aromatic rings. The fourth-order valence-corrected chi connectivity index (χ4v) is 3.22. The summed E-state index contributed by atoms with van der Waals surface area (Å²) in [5.41, 5.74) is 1.95. The monoisotopic (exact) mass is 281 g/mol. The van der Waals surface area contributed by atoms with Gasteiger partial charge in [-0.2, -0.15) is 0 Å². The van der Waals surface area contributed by atoms with Crippen molar-refractivity contribution >= 4 is 17.3 Å². The van der Waals surface area contributed by atoms with Gasteiger partial charge < -0.3 is 10.0 Å². The summed E-state index contributed by atoms with van der Waals surface area (Å²) >= 11 is 6.36. The van der Waals surface area contributed by atoms with Crippen LogP contribution in [0.2, 0.25) is 5.02 Å². The van der Waals surface area contributed by atoms with Crippen LogP contribution in [-0.2, 0) is 0 Å². The van der Waals surface area contributed by atoms with Crippen LogP contribution in [0, 0.1) is 5.92 Å². The molecule has 1 aromatic carbocycles. The molecule has 0 amide bonds. The zero-order valence-electron chi connectivity index (χ0n) is 12.1. The Balaban J connectivity index is 2.12. The van der Waals surface area contributed by atoms with Crippen molar-refractivity contribution in [2.45, 2.75) is 51.7 Å². The Morgan fingerprint density at radius 1 is 1.26 bits per heavy atom. The Bertz CT molecular complexity index is 425. The molecule has 0 unspecified atom stereocenters. The van der Waals surface area contributed by atoms with Crippen molar-refractivity contribution in [2.24, 2.45) is 5.92 Å². The summed E-state index contributed by atoms with van der Waals surface area (Å²) in [6, 6.07) is 6.46. The van der Waals surface area contributed by atoms with E-state index in [2.05, 4.69) is 18.9 Å². The Labute approximate surface area is 121 Å². The predicted molar refractivity (Wildman–Crippen MR) is 81.9 cm³/mol. The number of aliphatic hydroxyl groups excluding tert-OH is 1. The molecular formula is C16H24ClNO. The van der Waals surface area contributed by atoms with Gasteiger partial charge in [-0.15, -0.1) is 0 Å². The summed E-state index contributed by atoms with van der Waals surface area (Å²) in [6.07, 6.45) is 4.63. The quantitative estimate of drug-likeness (QED) is 0.887. The third-order valence-corrected chi connectivity index (χ3v) is 4.67. The molecule has 3 heteroatoms. The molecule has 2 rings (SSSR count). The first kappa shape index (κ1) is 14.7. The lowest BCUT2D eigenvalue weighted by atomic mass is 9.86. The topological polar surface area (TPSA) is 23.5 Å². The van der Waals surface area contributed by atoms with E-state index < -0.39 is 6.10 Å². The second kappa shape index (κ2) is 6.15. The largest absolute Gasteiger partial charge is 0.389 e. The highest BCUT2D eigenvalue weighted by Crippen LogP contribution is 2.34. The molecule has 0 bridgehead atoms. The predicted octanol–water partition coefficient (Wildman–Crippen LogP) is 4.41. The van der Waals surface area contributed by atoms with Gasteiger partial charge in [0, 0.05) is 13.1 Å². The van der Waals surface area contributed by atoms with Gasteiger partial charge in [0.15, 0.2) is 0 Å². The van der Waals surface area contributed by atoms with Crippen LogP contribution in [0.15, 0.2) is 18.2 Å². The molecule has 1 fully saturated rings. The molecule has 1 aliphatic rings. The van der Waals surface area contributed by atoms with Crippen molar-refractivity contribution in [1.82, 2.24) is 0 Å². The van der Waals surface area contributed by atoms with Crippen LogP contribution in [-0.4, -0.2) is 18.2 Å². The van der Waals surface area contributed by atoms with E-state index in [0.717, 1.165) is 22.2 Å². The number of rotatable bonds is 3. The maximum atomic E-state index is 9.58. The minimum atomic E-state index is -0.465. The molecule has 0 heterocycles. The normalized spacial score (nSPS) is 25.1. The highest BCUT2D eigenvalue weighted by molar-refractivity contribution is 6.33. The lowest BCUT2D eigenvalue weighted by molar-refractivity contribution is 0.199. The van der Waals surface area contributed by atoms with Gasteiger partial charge in [-0.05, 0) is 56.2 Å². The van der Waals surface area contributed by atoms with Crippen molar-refractivity contribution in [3.05, 3.63) is 28.8 Å². The van der Waals surface area contributed by atoms with Gasteiger partial charge >= 0.3 is 0 Å². The Hall–Kier alpha value is -0.730. The van der Waals surface area contributed by atoms with Crippen LogP contribution < -0.4 is 4.90 Å². The summed E-state index contributed by atoms with van der Waals surface area (Å²) in [6.45, 7) is 4.10. The second-order valence-corrected chi connectivity index (χ2v) is 6.32. The maximum Gasteiger partial charge on any atom is 0.0762 e. The SMILES string of the molecule is CC1CCC(N(C)c2ccc([C@@H](C)O)cc2Cl)CC1. The summed E-state index contributed by atoms with van der Waals surface area (Å²) < 4.78 is 0. The Kier molecular flexibility index (Phi) is 4.75. The van der Waals surface area contributed by atoms with Crippen molar-refractivity contribution < 1.29 is 5.11 Å². The molecule has 0 aliphatic heterocycles. The summed E-state index contributed by atoms with van der Waals surface area (Å²) in [5, 5.41) is 10.3. The molecule has 0 aromatic heterocycles. The lowest BCUT2D eigenvalue weighted by Crippen LogP contribution is -2.35. The van der Waals surface area contributed by atoms with E-state index in [1.54, 1.807) is 6.92 Å². The van der Waals surface area contributed by atoms with Crippen molar-refractivity contribution in [2.75, 3.05) is 11.9 Å². The lowest BCUT2D eigenvalue weighted by Gasteiger charge is -2.35. The van der Waals surface area contributed by atoms with Crippen molar-refractivity contribution in [3.63, 3.8) is 0 Å². The van der Waals surface area contributed by atoms with E-state index in [1.165, 1.54) is 25.7 Å². The first-order valence-electron chi connectivity index (χ1n) is 7.19. The van der Waals surface area contributed by atoms with E-state index in [-0.39, 0.29) is 0 Å². The minimum Gasteiger partial charge on any atom is -0.389 e. The van der Waals surface area contributed by atoms with Gasteiger partial charge in [-0.1, -0.05) is 24.6 Å². The second-order valence-electron chi connectivity index (χ2n) is 5.91. The minimum absolute atomic E-state index is 0.465. The average Bonchev–Trinajstić information content (AvgIpc) is 2.38. The van der Waals surface area contributed by atoms with Gasteiger partial charge in [0.05, 0.1) is 16.8 Å². The Morgan fingerprint density at radius 3 is 2.42 bits per heavy atom. The van der Waals surface area contributed by atoms with Crippen LogP contribution in [0.3, 0.4) is 0 Å². The standard InChI is InChI=1S/C16H24ClNO/c1-11-4-7-14(8-5-11)18(3)16-9-6-13(12(2)19)10-15(16)17/h6,9-12,14,19H,4-5,7-8H2,1-3H3/t11?,12-,14?/m1/s1. The molecule has 1 atom stereocenters. The highest BCUT2D eigenvalue weighted by atomic mass is 35.5. The van der Waals surface area contributed by atoms with E-state index in [0.29, 0.717) is 6.04 Å². The van der Waals surface area contributed by atoms with E-state index in [9.17, 15) is 5.11 Å². The number of benzene rings is 1. The number of aliphatic hydroxyl groups is 1. The first-order chi connectivity index (χ1) is 8.99. The molecule has 0 radical (unpaired) electrons. The van der Waals surface area contributed by atoms with E-state index in [1.807, 2.05) is 18.2 Å². The maximum absolute atomic E-state index is 9.58. The fourth-order valence-electron chi connectivity index (χ4n) is 2.90. The first-order valence-corrected chi connectivity index (χ1v) is 7.57. The molecule has 106 valence electrons. The average molecular weight is 282 g/mol. The number of nitrogens with zero attached hydrogens (tertiary/aromatic N) is 1. The number of anilines is 1. The fraction of sp³-hybridized carbons (Fsp3) is 0.625. The zero-order valence-corrected chi connectivity index (χ0v) is 12.8. The molecule has 0 saturated heterocycles. The van der Waals surface area contributed by atoms with E-state index >= 15 is 0 Å². The van der Waals surface area contributed by atoms with E-state index in [4.69, 9.17) is 11.6 Å². The van der Waals surface area contributed by atoms with Crippen molar-refractivity contribution in [3.8, 4) is 0 Å². The van der Waals surface area contributed by atoms with Gasteiger partial charge in [0.25, 0.3) is 0 Å². The zero-order chi connectivity index (χ0) is 14.0. The van der Waals surface area contributed by atoms with Crippen LogP contribution in [0.1, 0.15) is 51.2 Å². The molecule has 1 N–H and O–H groups in total. The summed E-state index contributed by atoms with van der Waals surface area (Å²) in [7, 11) is 2.13. The van der Waals surface area contributed by atoms with Crippen LogP contribution in [0.25, 0.3) is 0 Å². The van der Waals surface area contributed by atoms with Crippen LogP contribution in [0.4, 0.5) is 5.69 Å². The molecule has 1 saturated carbocycles. The molecular weight excluding hydrogens is 258 g/mol. The number of halogens is 1. The molecule has 2 nitrogen and oxygen atoms in total. The van der Waals surface area contributed by atoms with Gasteiger partial charge in [0.1, 0.15) is 0 Å². The number of hydrogen-bond donors (Lipinski definition) is 1. The Morgan fingerprint density at radius 2 is 1.89 bits per heavy atom. The van der Waals surface area contributed by atoms with Gasteiger partial charge in [-0.25, -0.2) is 0 Å². The number of hydrogen-bond acceptors (Lipinski definition) is 2. The van der Waals surface area contributed by atoms with Gasteiger partial charge in [0.2, 0.25) is 0 Å². The smallest absolute Gasteiger partial charge is 0.0762 e. The summed E-state index contributed by atoms with van der Waals surface area (Å²) in [5.74, 6) is 0.859. The van der Waals surface area contributed by atoms with Crippen LogP contribution >= 0.6 is 11.6 Å². The summed E-state index contributed by atoms with van der Waals surface area (Å²) in [4.78, 5) is 2.31. The van der Waals surface area contributed by atoms with Crippen LogP contribution in [0.5, 0.6) is 0 Å². The third-order valence-electron chi connectivity index (χ3n) is 4.37. The highest BCUT2D eigenvalue weighted by Gasteiger charge is 2.23. The third kappa shape index (κ3) is 3.43. The van der Waals surface area contributed by atoms with Crippen molar-refractivity contribution in [1.29, 1.82) is 0 Å². The molecule has 1 aliphatic carbocycles. The van der Waals surface area contributed by atoms with Gasteiger partial charge in [-0.3, -0.25) is 0 Å². The molecule has 0 spiro atoms. The molecule has 19 heavy (non-hydrogen) atoms.